The fraction of sp³-hybridized carbons (Fsp3) is 0.400. The highest BCUT2D eigenvalue weighted by molar-refractivity contribution is 5.33. The molecule has 0 aliphatic heterocycles. The maximum atomic E-state index is 5.87. The van der Waals surface area contributed by atoms with Crippen LogP contribution >= 0.6 is 0 Å². The van der Waals surface area contributed by atoms with Gasteiger partial charge < -0.3 is 10.1 Å². The van der Waals surface area contributed by atoms with Crippen molar-refractivity contribution >= 4 is 0 Å². The molecule has 2 rings (SSSR count). The maximum absolute atomic E-state index is 5.87. The molecule has 0 unspecified atom stereocenters. The van der Waals surface area contributed by atoms with Crippen molar-refractivity contribution in [2.75, 3.05) is 6.54 Å². The van der Waals surface area contributed by atoms with Gasteiger partial charge in [0.15, 0.2) is 0 Å². The lowest BCUT2D eigenvalue weighted by Gasteiger charge is -2.11. The molecule has 0 bridgehead atoms. The van der Waals surface area contributed by atoms with Gasteiger partial charge in [-0.15, -0.1) is 0 Å². The summed E-state index contributed by atoms with van der Waals surface area (Å²) in [5.41, 5.74) is 2.28. The Hall–Kier alpha value is -1.81. The highest BCUT2D eigenvalue weighted by Gasteiger charge is 2.03. The van der Waals surface area contributed by atoms with E-state index in [2.05, 4.69) is 23.4 Å². The number of ether oxygens (including phenoxy) is 1. The van der Waals surface area contributed by atoms with E-state index in [1.54, 1.807) is 4.68 Å². The van der Waals surface area contributed by atoms with Crippen LogP contribution in [0.5, 0.6) is 5.75 Å². The summed E-state index contributed by atoms with van der Waals surface area (Å²) >= 11 is 0. The molecule has 2 aromatic rings. The van der Waals surface area contributed by atoms with E-state index in [0.717, 1.165) is 30.8 Å². The number of benzene rings is 1. The molecule has 0 saturated carbocycles. The molecule has 0 fully saturated rings. The van der Waals surface area contributed by atoms with Crippen LogP contribution in [0.4, 0.5) is 0 Å². The Morgan fingerprint density at radius 1 is 1.32 bits per heavy atom. The summed E-state index contributed by atoms with van der Waals surface area (Å²) in [5.74, 6) is 0.940. The van der Waals surface area contributed by atoms with Crippen LogP contribution in [0.25, 0.3) is 0 Å². The zero-order valence-corrected chi connectivity index (χ0v) is 11.6. The largest absolute Gasteiger partial charge is 0.488 e. The first kappa shape index (κ1) is 13.6. The molecule has 0 saturated heterocycles. The first-order valence-corrected chi connectivity index (χ1v) is 6.68. The van der Waals surface area contributed by atoms with Gasteiger partial charge in [-0.3, -0.25) is 4.68 Å². The molecule has 102 valence electrons. The molecule has 4 nitrogen and oxygen atoms in total. The van der Waals surface area contributed by atoms with Crippen molar-refractivity contribution in [3.63, 3.8) is 0 Å². The van der Waals surface area contributed by atoms with E-state index >= 15 is 0 Å². The standard InChI is InChI=1S/C15H21N3O/c1-3-8-16-10-14-6-4-5-7-15(14)19-12-13-9-17-18(2)11-13/h4-7,9,11,16H,3,8,10,12H2,1-2H3. The van der Waals surface area contributed by atoms with E-state index in [0.29, 0.717) is 6.61 Å². The molecule has 0 spiro atoms. The number of para-hydroxylation sites is 1. The van der Waals surface area contributed by atoms with Crippen LogP contribution in [0.2, 0.25) is 0 Å². The summed E-state index contributed by atoms with van der Waals surface area (Å²) < 4.78 is 7.66. The van der Waals surface area contributed by atoms with Crippen molar-refractivity contribution in [2.24, 2.45) is 7.05 Å². The molecule has 0 radical (unpaired) electrons. The summed E-state index contributed by atoms with van der Waals surface area (Å²) in [6, 6.07) is 8.16. The van der Waals surface area contributed by atoms with Crippen LogP contribution in [0.3, 0.4) is 0 Å². The quantitative estimate of drug-likeness (QED) is 0.776. The molecule has 19 heavy (non-hydrogen) atoms. The highest BCUT2D eigenvalue weighted by atomic mass is 16.5. The Morgan fingerprint density at radius 2 is 2.16 bits per heavy atom. The van der Waals surface area contributed by atoms with Crippen LogP contribution in [-0.4, -0.2) is 16.3 Å². The number of hydrogen-bond acceptors (Lipinski definition) is 3. The second kappa shape index (κ2) is 6.95. The average molecular weight is 259 g/mol. The molecule has 1 N–H and O–H groups in total. The number of nitrogens with zero attached hydrogens (tertiary/aromatic N) is 2. The third kappa shape index (κ3) is 4.10. The molecule has 0 aliphatic rings. The van der Waals surface area contributed by atoms with Crippen molar-refractivity contribution in [1.29, 1.82) is 0 Å². The number of aromatic nitrogens is 2. The van der Waals surface area contributed by atoms with Gasteiger partial charge in [-0.25, -0.2) is 0 Å². The van der Waals surface area contributed by atoms with Gasteiger partial charge in [0.05, 0.1) is 6.20 Å². The van der Waals surface area contributed by atoms with Crippen molar-refractivity contribution in [3.8, 4) is 5.75 Å². The van der Waals surface area contributed by atoms with E-state index in [1.807, 2.05) is 37.6 Å². The molecule has 0 atom stereocenters. The predicted octanol–water partition coefficient (Wildman–Crippen LogP) is 2.50. The van der Waals surface area contributed by atoms with Crippen molar-refractivity contribution in [1.82, 2.24) is 15.1 Å². The molecule has 1 aromatic carbocycles. The van der Waals surface area contributed by atoms with Crippen molar-refractivity contribution in [2.45, 2.75) is 26.5 Å². The van der Waals surface area contributed by atoms with Gasteiger partial charge in [0.2, 0.25) is 0 Å². The molecule has 0 aliphatic carbocycles. The van der Waals surface area contributed by atoms with Gasteiger partial charge in [0.25, 0.3) is 0 Å². The van der Waals surface area contributed by atoms with Gasteiger partial charge >= 0.3 is 0 Å². The third-order valence-electron chi connectivity index (χ3n) is 2.87. The molecular formula is C15H21N3O. The predicted molar refractivity (Wildman–Crippen MR) is 76.0 cm³/mol. The first-order chi connectivity index (χ1) is 9.29. The van der Waals surface area contributed by atoms with Crippen LogP contribution in [0, 0.1) is 0 Å². The van der Waals surface area contributed by atoms with Crippen LogP contribution < -0.4 is 10.1 Å². The third-order valence-corrected chi connectivity index (χ3v) is 2.87. The zero-order chi connectivity index (χ0) is 13.5. The van der Waals surface area contributed by atoms with E-state index in [9.17, 15) is 0 Å². The van der Waals surface area contributed by atoms with E-state index in [1.165, 1.54) is 5.56 Å². The SMILES string of the molecule is CCCNCc1ccccc1OCc1cnn(C)c1. The Morgan fingerprint density at radius 3 is 2.89 bits per heavy atom. The Labute approximate surface area is 114 Å². The normalized spacial score (nSPS) is 10.6. The Kier molecular flexibility index (Phi) is 4.98. The van der Waals surface area contributed by atoms with Gasteiger partial charge in [-0.2, -0.15) is 5.10 Å². The minimum atomic E-state index is 0.554. The fourth-order valence-corrected chi connectivity index (χ4v) is 1.90. The molecule has 4 heteroatoms. The molecular weight excluding hydrogens is 238 g/mol. The van der Waals surface area contributed by atoms with E-state index in [4.69, 9.17) is 4.74 Å². The number of rotatable bonds is 7. The Bertz CT molecular complexity index is 508. The minimum absolute atomic E-state index is 0.554. The lowest BCUT2D eigenvalue weighted by molar-refractivity contribution is 0.302. The van der Waals surface area contributed by atoms with Crippen LogP contribution in [0.1, 0.15) is 24.5 Å². The number of nitrogens with one attached hydrogen (secondary N) is 1. The fourth-order valence-electron chi connectivity index (χ4n) is 1.90. The van der Waals surface area contributed by atoms with Gasteiger partial charge in [-0.05, 0) is 19.0 Å². The maximum Gasteiger partial charge on any atom is 0.124 e. The highest BCUT2D eigenvalue weighted by Crippen LogP contribution is 2.19. The Balaban J connectivity index is 1.95. The topological polar surface area (TPSA) is 39.1 Å². The summed E-state index contributed by atoms with van der Waals surface area (Å²) in [6.07, 6.45) is 4.94. The van der Waals surface area contributed by atoms with E-state index < -0.39 is 0 Å². The van der Waals surface area contributed by atoms with Gasteiger partial charge in [0.1, 0.15) is 12.4 Å². The van der Waals surface area contributed by atoms with Crippen molar-refractivity contribution < 1.29 is 4.74 Å². The summed E-state index contributed by atoms with van der Waals surface area (Å²) in [6.45, 7) is 4.59. The van der Waals surface area contributed by atoms with Gasteiger partial charge in [-0.1, -0.05) is 25.1 Å². The number of aryl methyl sites for hydroxylation is 1. The summed E-state index contributed by atoms with van der Waals surface area (Å²) in [7, 11) is 1.91. The average Bonchev–Trinajstić information content (AvgIpc) is 2.84. The van der Waals surface area contributed by atoms with Crippen molar-refractivity contribution in [3.05, 3.63) is 47.8 Å². The second-order valence-corrected chi connectivity index (χ2v) is 4.60. The number of hydrogen-bond donors (Lipinski definition) is 1. The lowest BCUT2D eigenvalue weighted by atomic mass is 10.2. The minimum Gasteiger partial charge on any atom is -0.488 e. The van der Waals surface area contributed by atoms with Crippen LogP contribution in [0.15, 0.2) is 36.7 Å². The zero-order valence-electron chi connectivity index (χ0n) is 11.6. The second-order valence-electron chi connectivity index (χ2n) is 4.60. The summed E-state index contributed by atoms with van der Waals surface area (Å²) in [4.78, 5) is 0. The van der Waals surface area contributed by atoms with Gasteiger partial charge in [0, 0.05) is 30.9 Å². The first-order valence-electron chi connectivity index (χ1n) is 6.68. The monoisotopic (exact) mass is 259 g/mol. The van der Waals surface area contributed by atoms with Crippen LogP contribution in [-0.2, 0) is 20.2 Å². The summed E-state index contributed by atoms with van der Waals surface area (Å²) in [5, 5.41) is 7.53. The molecule has 1 heterocycles. The smallest absolute Gasteiger partial charge is 0.124 e. The molecule has 0 amide bonds. The lowest BCUT2D eigenvalue weighted by Crippen LogP contribution is -2.14. The van der Waals surface area contributed by atoms with E-state index in [-0.39, 0.29) is 0 Å². The molecule has 1 aromatic heterocycles.